The number of fused-ring (bicyclic) bond motifs is 1. The van der Waals surface area contributed by atoms with E-state index in [2.05, 4.69) is 23.5 Å². The molecule has 4 rings (SSSR count). The fraction of sp³-hybridized carbons (Fsp3) is 0.333. The number of allylic oxidation sites excluding steroid dienone is 1. The van der Waals surface area contributed by atoms with Crippen LogP contribution in [0.2, 0.25) is 0 Å². The van der Waals surface area contributed by atoms with Crippen molar-refractivity contribution in [2.75, 3.05) is 19.8 Å². The Labute approximate surface area is 157 Å². The lowest BCUT2D eigenvalue weighted by molar-refractivity contribution is -0.128. The standard InChI is InChI=1S/C21H22N2O4/c1-14-20(27-10-9-26-14)21(25)22-17-11-19(24)23(13-17)12-16-7-4-6-15-5-2-3-8-18(15)16/h2-8,17H,9-13H2,1H3,(H,22,25)/t17-/m0/s1. The monoisotopic (exact) mass is 366 g/mol. The van der Waals surface area contributed by atoms with Crippen LogP contribution in [-0.2, 0) is 25.6 Å². The highest BCUT2D eigenvalue weighted by molar-refractivity contribution is 5.93. The second kappa shape index (κ2) is 7.31. The Bertz CT molecular complexity index is 916. The molecule has 2 aliphatic rings. The van der Waals surface area contributed by atoms with Crippen molar-refractivity contribution in [3.8, 4) is 0 Å². The molecule has 1 atom stereocenters. The van der Waals surface area contributed by atoms with Crippen LogP contribution in [0.1, 0.15) is 18.9 Å². The van der Waals surface area contributed by atoms with Crippen LogP contribution in [0.5, 0.6) is 0 Å². The maximum absolute atomic E-state index is 12.5. The summed E-state index contributed by atoms with van der Waals surface area (Å²) in [4.78, 5) is 26.7. The van der Waals surface area contributed by atoms with E-state index in [1.165, 1.54) is 0 Å². The number of nitrogens with one attached hydrogen (secondary N) is 1. The number of rotatable bonds is 4. The van der Waals surface area contributed by atoms with Crippen LogP contribution < -0.4 is 5.32 Å². The van der Waals surface area contributed by atoms with Crippen molar-refractivity contribution in [1.82, 2.24) is 10.2 Å². The highest BCUT2D eigenvalue weighted by atomic mass is 16.6. The van der Waals surface area contributed by atoms with Crippen LogP contribution in [0.3, 0.4) is 0 Å². The zero-order valence-electron chi connectivity index (χ0n) is 15.2. The molecule has 2 aromatic carbocycles. The zero-order valence-corrected chi connectivity index (χ0v) is 15.2. The lowest BCUT2D eigenvalue weighted by Gasteiger charge is -2.21. The first kappa shape index (κ1) is 17.4. The summed E-state index contributed by atoms with van der Waals surface area (Å²) in [7, 11) is 0. The predicted octanol–water partition coefficient (Wildman–Crippen LogP) is 2.34. The number of nitrogens with zero attached hydrogens (tertiary/aromatic N) is 1. The van der Waals surface area contributed by atoms with Gasteiger partial charge in [-0.25, -0.2) is 0 Å². The van der Waals surface area contributed by atoms with Gasteiger partial charge in [-0.2, -0.15) is 0 Å². The molecule has 0 saturated carbocycles. The Hall–Kier alpha value is -3.02. The highest BCUT2D eigenvalue weighted by Gasteiger charge is 2.32. The van der Waals surface area contributed by atoms with Gasteiger partial charge in [-0.15, -0.1) is 0 Å². The summed E-state index contributed by atoms with van der Waals surface area (Å²) < 4.78 is 10.8. The molecule has 140 valence electrons. The summed E-state index contributed by atoms with van der Waals surface area (Å²) in [5, 5.41) is 5.20. The third kappa shape index (κ3) is 3.60. The molecule has 0 spiro atoms. The number of carbonyl (C=O) groups excluding carboxylic acids is 2. The smallest absolute Gasteiger partial charge is 0.290 e. The summed E-state index contributed by atoms with van der Waals surface area (Å²) in [6.07, 6.45) is 0.295. The van der Waals surface area contributed by atoms with Crippen molar-refractivity contribution in [3.63, 3.8) is 0 Å². The van der Waals surface area contributed by atoms with Crippen LogP contribution in [0, 0.1) is 0 Å². The molecule has 6 heteroatoms. The minimum Gasteiger partial charge on any atom is -0.491 e. The molecular formula is C21H22N2O4. The minimum absolute atomic E-state index is 0.0414. The van der Waals surface area contributed by atoms with Gasteiger partial charge in [0.25, 0.3) is 5.91 Å². The van der Waals surface area contributed by atoms with E-state index in [0.717, 1.165) is 16.3 Å². The maximum atomic E-state index is 12.5. The Kier molecular flexibility index (Phi) is 4.71. The molecule has 2 heterocycles. The summed E-state index contributed by atoms with van der Waals surface area (Å²) >= 11 is 0. The lowest BCUT2D eigenvalue weighted by atomic mass is 10.0. The van der Waals surface area contributed by atoms with E-state index in [9.17, 15) is 9.59 Å². The van der Waals surface area contributed by atoms with E-state index in [-0.39, 0.29) is 23.6 Å². The van der Waals surface area contributed by atoms with Gasteiger partial charge in [-0.3, -0.25) is 9.59 Å². The molecule has 27 heavy (non-hydrogen) atoms. The molecule has 0 bridgehead atoms. The SMILES string of the molecule is CC1=C(C(=O)N[C@H]2CC(=O)N(Cc3cccc4ccccc34)C2)OCCO1. The normalized spacial score (nSPS) is 19.8. The lowest BCUT2D eigenvalue weighted by Crippen LogP contribution is -2.39. The summed E-state index contributed by atoms with van der Waals surface area (Å²) in [6.45, 7) is 3.54. The van der Waals surface area contributed by atoms with Crippen LogP contribution in [0.4, 0.5) is 0 Å². The highest BCUT2D eigenvalue weighted by Crippen LogP contribution is 2.23. The number of hydrogen-bond donors (Lipinski definition) is 1. The van der Waals surface area contributed by atoms with Gasteiger partial charge >= 0.3 is 0 Å². The van der Waals surface area contributed by atoms with E-state index in [0.29, 0.717) is 38.5 Å². The van der Waals surface area contributed by atoms with Crippen molar-refractivity contribution in [2.45, 2.75) is 25.9 Å². The number of carbonyl (C=O) groups is 2. The minimum atomic E-state index is -0.322. The van der Waals surface area contributed by atoms with E-state index in [4.69, 9.17) is 9.47 Å². The second-order valence-electron chi connectivity index (χ2n) is 6.87. The molecule has 1 N–H and O–H groups in total. The molecule has 0 unspecified atom stereocenters. The van der Waals surface area contributed by atoms with E-state index < -0.39 is 0 Å². The zero-order chi connectivity index (χ0) is 18.8. The van der Waals surface area contributed by atoms with Crippen molar-refractivity contribution >= 4 is 22.6 Å². The maximum Gasteiger partial charge on any atom is 0.290 e. The average Bonchev–Trinajstić information content (AvgIpc) is 3.01. The van der Waals surface area contributed by atoms with Gasteiger partial charge in [-0.1, -0.05) is 42.5 Å². The Morgan fingerprint density at radius 1 is 1.15 bits per heavy atom. The predicted molar refractivity (Wildman–Crippen MR) is 101 cm³/mol. The number of amides is 2. The van der Waals surface area contributed by atoms with Crippen molar-refractivity contribution in [1.29, 1.82) is 0 Å². The largest absolute Gasteiger partial charge is 0.491 e. The van der Waals surface area contributed by atoms with Gasteiger partial charge in [-0.05, 0) is 23.3 Å². The Morgan fingerprint density at radius 2 is 1.93 bits per heavy atom. The topological polar surface area (TPSA) is 67.9 Å². The molecular weight excluding hydrogens is 344 g/mol. The van der Waals surface area contributed by atoms with Gasteiger partial charge in [0.15, 0.2) is 0 Å². The van der Waals surface area contributed by atoms with Gasteiger partial charge in [0.05, 0.1) is 6.04 Å². The summed E-state index contributed by atoms with van der Waals surface area (Å²) in [5.41, 5.74) is 1.11. The van der Waals surface area contributed by atoms with Crippen molar-refractivity contribution < 1.29 is 19.1 Å². The first-order chi connectivity index (χ1) is 13.1. The van der Waals surface area contributed by atoms with Gasteiger partial charge in [0.2, 0.25) is 11.7 Å². The molecule has 0 aliphatic carbocycles. The Balaban J connectivity index is 1.44. The molecule has 1 fully saturated rings. The van der Waals surface area contributed by atoms with Crippen LogP contribution in [-0.4, -0.2) is 42.5 Å². The van der Waals surface area contributed by atoms with Crippen LogP contribution >= 0.6 is 0 Å². The third-order valence-electron chi connectivity index (χ3n) is 4.97. The van der Waals surface area contributed by atoms with Gasteiger partial charge in [0.1, 0.15) is 19.0 Å². The van der Waals surface area contributed by atoms with Crippen molar-refractivity contribution in [2.24, 2.45) is 0 Å². The number of likely N-dealkylation sites (tertiary alicyclic amines) is 1. The Morgan fingerprint density at radius 3 is 2.78 bits per heavy atom. The van der Waals surface area contributed by atoms with Gasteiger partial charge in [0, 0.05) is 19.5 Å². The van der Waals surface area contributed by atoms with Crippen LogP contribution in [0.15, 0.2) is 54.0 Å². The number of benzene rings is 2. The third-order valence-corrected chi connectivity index (χ3v) is 4.97. The first-order valence-corrected chi connectivity index (χ1v) is 9.13. The summed E-state index contributed by atoms with van der Waals surface area (Å²) in [5.74, 6) is 0.411. The molecule has 2 aliphatic heterocycles. The van der Waals surface area contributed by atoms with E-state index >= 15 is 0 Å². The molecule has 2 amide bonds. The molecule has 0 aromatic heterocycles. The fourth-order valence-corrected chi connectivity index (χ4v) is 3.64. The van der Waals surface area contributed by atoms with Crippen LogP contribution in [0.25, 0.3) is 10.8 Å². The quantitative estimate of drug-likeness (QED) is 0.902. The first-order valence-electron chi connectivity index (χ1n) is 9.13. The summed E-state index contributed by atoms with van der Waals surface area (Å²) in [6, 6.07) is 14.0. The molecule has 1 saturated heterocycles. The van der Waals surface area contributed by atoms with Crippen molar-refractivity contribution in [3.05, 3.63) is 59.5 Å². The molecule has 6 nitrogen and oxygen atoms in total. The average molecular weight is 366 g/mol. The van der Waals surface area contributed by atoms with E-state index in [1.54, 1.807) is 11.8 Å². The fourth-order valence-electron chi connectivity index (χ4n) is 3.64. The van der Waals surface area contributed by atoms with Gasteiger partial charge < -0.3 is 19.7 Å². The van der Waals surface area contributed by atoms with E-state index in [1.807, 2.05) is 24.3 Å². The number of hydrogen-bond acceptors (Lipinski definition) is 4. The molecule has 0 radical (unpaired) electrons. The second-order valence-corrected chi connectivity index (χ2v) is 6.87. The number of ether oxygens (including phenoxy) is 2. The molecule has 2 aromatic rings.